The topological polar surface area (TPSA) is 225 Å². The monoisotopic (exact) mass is 636 g/mol. The second-order valence-electron chi connectivity index (χ2n) is 10.7. The number of benzene rings is 2. The first-order valence-electron chi connectivity index (χ1n) is 13.8. The lowest BCUT2D eigenvalue weighted by atomic mass is 9.99. The van der Waals surface area contributed by atoms with E-state index in [2.05, 4.69) is 0 Å². The molecule has 3 aromatic rings. The Morgan fingerprint density at radius 1 is 0.956 bits per heavy atom. The van der Waals surface area contributed by atoms with Crippen molar-refractivity contribution in [3.8, 4) is 39.9 Å². The van der Waals surface area contributed by atoms with E-state index in [9.17, 15) is 35.4 Å². The summed E-state index contributed by atoms with van der Waals surface area (Å²) in [6.07, 6.45) is -9.85. The lowest BCUT2D eigenvalue weighted by Crippen LogP contribution is -2.60. The van der Waals surface area contributed by atoms with Gasteiger partial charge in [-0.2, -0.15) is 0 Å². The highest BCUT2D eigenvalue weighted by atomic mass is 16.7. The SMILES string of the molecule is COc1c(O[C@@H]2O[C@@H](CO[C@@H]3OC[C@@](O)(CO)[C@H]3O)[C@@H](O)[C@@H](O)[C@@H]2O)cc2occ(-c3ccc4c(c3)OCO4)c(=O)c2c1OC. The summed E-state index contributed by atoms with van der Waals surface area (Å²) in [5.74, 6) is 0.810. The Morgan fingerprint density at radius 2 is 1.71 bits per heavy atom. The van der Waals surface area contributed by atoms with Gasteiger partial charge < -0.3 is 73.0 Å². The summed E-state index contributed by atoms with van der Waals surface area (Å²) in [6, 6.07) is 6.32. The van der Waals surface area contributed by atoms with E-state index in [0.29, 0.717) is 17.1 Å². The van der Waals surface area contributed by atoms with E-state index >= 15 is 0 Å². The van der Waals surface area contributed by atoms with Crippen LogP contribution in [0.4, 0.5) is 0 Å². The second kappa shape index (κ2) is 12.2. The number of hydrogen-bond donors (Lipinski definition) is 6. The van der Waals surface area contributed by atoms with E-state index in [0.717, 1.165) is 0 Å². The molecule has 1 aromatic heterocycles. The molecule has 6 rings (SSSR count). The molecule has 8 atom stereocenters. The number of methoxy groups -OCH3 is 2. The Balaban J connectivity index is 1.28. The van der Waals surface area contributed by atoms with Crippen molar-refractivity contribution in [2.24, 2.45) is 0 Å². The highest BCUT2D eigenvalue weighted by Crippen LogP contribution is 2.44. The van der Waals surface area contributed by atoms with Gasteiger partial charge in [-0.3, -0.25) is 4.79 Å². The molecule has 16 heteroatoms. The maximum absolute atomic E-state index is 13.7. The van der Waals surface area contributed by atoms with Crippen LogP contribution < -0.4 is 29.1 Å². The predicted molar refractivity (Wildman–Crippen MR) is 148 cm³/mol. The van der Waals surface area contributed by atoms with Gasteiger partial charge in [-0.25, -0.2) is 0 Å². The molecule has 2 fully saturated rings. The molecule has 0 bridgehead atoms. The molecule has 0 aliphatic carbocycles. The maximum atomic E-state index is 13.7. The highest BCUT2D eigenvalue weighted by molar-refractivity contribution is 5.91. The van der Waals surface area contributed by atoms with E-state index in [1.165, 1.54) is 26.5 Å². The Kier molecular flexibility index (Phi) is 8.51. The van der Waals surface area contributed by atoms with Crippen LogP contribution in [-0.2, 0) is 14.2 Å². The Labute approximate surface area is 254 Å². The van der Waals surface area contributed by atoms with Gasteiger partial charge in [-0.1, -0.05) is 6.07 Å². The minimum absolute atomic E-state index is 0.0293. The van der Waals surface area contributed by atoms with Crippen LogP contribution in [0.25, 0.3) is 22.1 Å². The normalized spacial score (nSPS) is 30.9. The molecule has 244 valence electrons. The summed E-state index contributed by atoms with van der Waals surface area (Å²) in [4.78, 5) is 13.7. The predicted octanol–water partition coefficient (Wildman–Crippen LogP) is -1.15. The third kappa shape index (κ3) is 5.43. The van der Waals surface area contributed by atoms with Crippen molar-refractivity contribution in [2.45, 2.75) is 48.7 Å². The van der Waals surface area contributed by atoms with Crippen molar-refractivity contribution in [3.63, 3.8) is 0 Å². The van der Waals surface area contributed by atoms with E-state index in [4.69, 9.17) is 42.3 Å². The summed E-state index contributed by atoms with van der Waals surface area (Å²) in [5, 5.41) is 61.5. The zero-order chi connectivity index (χ0) is 32.0. The molecule has 16 nitrogen and oxygen atoms in total. The summed E-state index contributed by atoms with van der Waals surface area (Å²) in [5.41, 5.74) is -1.65. The van der Waals surface area contributed by atoms with Crippen LogP contribution in [0, 0.1) is 0 Å². The van der Waals surface area contributed by atoms with Crippen molar-refractivity contribution in [2.75, 3.05) is 40.8 Å². The Bertz CT molecular complexity index is 1610. The van der Waals surface area contributed by atoms with Crippen molar-refractivity contribution >= 4 is 11.0 Å². The standard InChI is InChI=1S/C29H32O16/c1-37-24-17(44-27-23(34)22(33)21(32)18(45-27)8-40-28-26(35)29(36,9-30)10-41-28)6-16-19(25(24)38-2)20(31)13(7-39-16)12-3-4-14-15(5-12)43-11-42-14/h3-7,18,21-23,26-28,30,32-36H,8-11H2,1-2H3/t18-,21+,22+,23-,26-,27+,28+,29-/m0/s1. The van der Waals surface area contributed by atoms with E-state index < -0.39 is 74.0 Å². The third-order valence-corrected chi connectivity index (χ3v) is 7.95. The molecular formula is C29H32O16. The molecule has 3 aliphatic rings. The molecule has 4 heterocycles. The number of fused-ring (bicyclic) bond motifs is 2. The first-order valence-corrected chi connectivity index (χ1v) is 13.8. The second-order valence-corrected chi connectivity index (χ2v) is 10.7. The van der Waals surface area contributed by atoms with Crippen LogP contribution in [0.1, 0.15) is 0 Å². The van der Waals surface area contributed by atoms with Crippen LogP contribution in [0.2, 0.25) is 0 Å². The molecule has 0 radical (unpaired) electrons. The van der Waals surface area contributed by atoms with Crippen molar-refractivity contribution in [1.82, 2.24) is 0 Å². The third-order valence-electron chi connectivity index (χ3n) is 7.95. The fraction of sp³-hybridized carbons (Fsp3) is 0.483. The van der Waals surface area contributed by atoms with Gasteiger partial charge >= 0.3 is 0 Å². The quantitative estimate of drug-likeness (QED) is 0.163. The van der Waals surface area contributed by atoms with Gasteiger partial charge in [-0.05, 0) is 17.7 Å². The van der Waals surface area contributed by atoms with Gasteiger partial charge in [0.2, 0.25) is 24.3 Å². The number of hydrogen-bond acceptors (Lipinski definition) is 16. The largest absolute Gasteiger partial charge is 0.492 e. The molecule has 0 saturated carbocycles. The average Bonchev–Trinajstić information content (AvgIpc) is 3.63. The zero-order valence-corrected chi connectivity index (χ0v) is 24.0. The van der Waals surface area contributed by atoms with Crippen molar-refractivity contribution < 1.29 is 73.0 Å². The Morgan fingerprint density at radius 3 is 2.42 bits per heavy atom. The van der Waals surface area contributed by atoms with Gasteiger partial charge in [0.15, 0.2) is 29.3 Å². The van der Waals surface area contributed by atoms with Crippen LogP contribution >= 0.6 is 0 Å². The van der Waals surface area contributed by atoms with E-state index in [1.54, 1.807) is 18.2 Å². The molecule has 2 saturated heterocycles. The fourth-order valence-electron chi connectivity index (χ4n) is 5.35. The van der Waals surface area contributed by atoms with Crippen LogP contribution in [-0.4, -0.2) is 120 Å². The maximum Gasteiger partial charge on any atom is 0.231 e. The number of rotatable bonds is 9. The van der Waals surface area contributed by atoms with E-state index in [1.807, 2.05) is 0 Å². The van der Waals surface area contributed by atoms with Gasteiger partial charge in [0.1, 0.15) is 53.4 Å². The summed E-state index contributed by atoms with van der Waals surface area (Å²) in [7, 11) is 2.61. The first kappa shape index (κ1) is 31.3. The first-order chi connectivity index (χ1) is 21.6. The number of ether oxygens (including phenoxy) is 8. The van der Waals surface area contributed by atoms with Gasteiger partial charge in [0.25, 0.3) is 0 Å². The zero-order valence-electron chi connectivity index (χ0n) is 24.0. The summed E-state index contributed by atoms with van der Waals surface area (Å²) >= 11 is 0. The molecule has 0 amide bonds. The van der Waals surface area contributed by atoms with Crippen LogP contribution in [0.3, 0.4) is 0 Å². The van der Waals surface area contributed by atoms with Crippen LogP contribution in [0.15, 0.2) is 39.7 Å². The molecule has 45 heavy (non-hydrogen) atoms. The minimum atomic E-state index is -1.94. The van der Waals surface area contributed by atoms with Gasteiger partial charge in [0.05, 0.1) is 39.6 Å². The molecule has 0 unspecified atom stereocenters. The smallest absolute Gasteiger partial charge is 0.231 e. The van der Waals surface area contributed by atoms with Crippen molar-refractivity contribution in [3.05, 3.63) is 40.8 Å². The van der Waals surface area contributed by atoms with Crippen molar-refractivity contribution in [1.29, 1.82) is 0 Å². The summed E-state index contributed by atoms with van der Waals surface area (Å²) in [6.45, 7) is -1.61. The molecular weight excluding hydrogens is 604 g/mol. The number of aliphatic hydroxyl groups excluding tert-OH is 5. The molecule has 6 N–H and O–H groups in total. The fourth-order valence-corrected chi connectivity index (χ4v) is 5.35. The van der Waals surface area contributed by atoms with E-state index in [-0.39, 0.29) is 40.6 Å². The van der Waals surface area contributed by atoms with Crippen LogP contribution in [0.5, 0.6) is 28.7 Å². The average molecular weight is 637 g/mol. The lowest BCUT2D eigenvalue weighted by Gasteiger charge is -2.40. The Hall–Kier alpha value is -3.71. The number of aliphatic hydroxyl groups is 6. The lowest BCUT2D eigenvalue weighted by molar-refractivity contribution is -0.289. The molecule has 0 spiro atoms. The van der Waals surface area contributed by atoms with Gasteiger partial charge in [0, 0.05) is 6.07 Å². The van der Waals surface area contributed by atoms with Gasteiger partial charge in [-0.15, -0.1) is 0 Å². The highest BCUT2D eigenvalue weighted by Gasteiger charge is 2.50. The molecule has 2 aromatic carbocycles. The summed E-state index contributed by atoms with van der Waals surface area (Å²) < 4.78 is 49.9. The minimum Gasteiger partial charge on any atom is -0.492 e. The molecule has 3 aliphatic heterocycles.